The molecular weight excluding hydrogens is 294 g/mol. The van der Waals surface area contributed by atoms with Gasteiger partial charge < -0.3 is 30.5 Å². The Hall–Kier alpha value is -2.01. The van der Waals surface area contributed by atoms with Crippen LogP contribution in [0, 0.1) is 0 Å². The lowest BCUT2D eigenvalue weighted by Gasteiger charge is -2.27. The quantitative estimate of drug-likeness (QED) is 0.526. The van der Waals surface area contributed by atoms with Crippen molar-refractivity contribution >= 4 is 17.1 Å². The van der Waals surface area contributed by atoms with Crippen LogP contribution in [0.2, 0.25) is 0 Å². The summed E-state index contributed by atoms with van der Waals surface area (Å²) in [5.74, 6) is 0.168. The molecule has 10 heteroatoms. The lowest BCUT2D eigenvalue weighted by atomic mass is 9.96. The lowest BCUT2D eigenvalue weighted by Crippen LogP contribution is -2.44. The van der Waals surface area contributed by atoms with E-state index >= 15 is 0 Å². The third kappa shape index (κ3) is 2.00. The smallest absolute Gasteiger partial charge is 0.246 e. The average molecular weight is 311 g/mol. The summed E-state index contributed by atoms with van der Waals surface area (Å²) in [7, 11) is 1.42. The van der Waals surface area contributed by atoms with Gasteiger partial charge in [-0.15, -0.1) is 0 Å². The van der Waals surface area contributed by atoms with Gasteiger partial charge in [0.15, 0.2) is 17.4 Å². The van der Waals surface area contributed by atoms with Gasteiger partial charge in [-0.2, -0.15) is 9.97 Å². The summed E-state index contributed by atoms with van der Waals surface area (Å²) in [6.45, 7) is 0.979. The van der Waals surface area contributed by atoms with E-state index in [1.807, 2.05) is 0 Å². The summed E-state index contributed by atoms with van der Waals surface area (Å²) in [5, 5.41) is 29.8. The minimum Gasteiger partial charge on any atom is -0.479 e. The molecule has 10 nitrogen and oxygen atoms in total. The normalized spacial score (nSPS) is 31.8. The molecule has 0 aromatic carbocycles. The van der Waals surface area contributed by atoms with Crippen LogP contribution < -0.4 is 10.5 Å². The molecule has 4 atom stereocenters. The number of nitrogens with two attached hydrogens (primary N) is 1. The highest BCUT2D eigenvalue weighted by atomic mass is 16.6. The maximum atomic E-state index is 10.5. The van der Waals surface area contributed by atoms with Crippen LogP contribution in [0.4, 0.5) is 5.95 Å². The van der Waals surface area contributed by atoms with Crippen molar-refractivity contribution in [2.75, 3.05) is 19.5 Å². The average Bonchev–Trinajstić information content (AvgIpc) is 2.98. The molecular formula is C12H17N5O5. The monoisotopic (exact) mass is 311 g/mol. The Morgan fingerprint density at radius 3 is 2.82 bits per heavy atom. The van der Waals surface area contributed by atoms with Crippen molar-refractivity contribution in [3.05, 3.63) is 6.33 Å². The first-order valence-corrected chi connectivity index (χ1v) is 6.61. The van der Waals surface area contributed by atoms with Gasteiger partial charge in [0.1, 0.15) is 17.8 Å². The maximum absolute atomic E-state index is 10.5. The Morgan fingerprint density at radius 1 is 1.50 bits per heavy atom. The fraction of sp³-hybridized carbons (Fsp3) is 0.583. The Balaban J connectivity index is 2.13. The van der Waals surface area contributed by atoms with Crippen LogP contribution in [0.5, 0.6) is 5.88 Å². The number of fused-ring (bicyclic) bond motifs is 1. The van der Waals surface area contributed by atoms with E-state index in [1.165, 1.54) is 24.9 Å². The zero-order valence-corrected chi connectivity index (χ0v) is 12.0. The molecule has 1 fully saturated rings. The van der Waals surface area contributed by atoms with Gasteiger partial charge in [0.25, 0.3) is 0 Å². The molecule has 0 saturated carbocycles. The van der Waals surface area contributed by atoms with Crippen LogP contribution in [0.1, 0.15) is 13.2 Å². The Morgan fingerprint density at radius 2 is 2.23 bits per heavy atom. The molecule has 2 aromatic heterocycles. The Kier molecular flexibility index (Phi) is 3.40. The van der Waals surface area contributed by atoms with E-state index in [0.29, 0.717) is 11.2 Å². The summed E-state index contributed by atoms with van der Waals surface area (Å²) in [5.41, 5.74) is 4.63. The molecule has 0 bridgehead atoms. The van der Waals surface area contributed by atoms with Crippen molar-refractivity contribution in [1.29, 1.82) is 0 Å². The first-order chi connectivity index (χ1) is 10.4. The second-order valence-electron chi connectivity index (χ2n) is 5.30. The van der Waals surface area contributed by atoms with E-state index in [4.69, 9.17) is 15.2 Å². The molecule has 3 heterocycles. The molecule has 22 heavy (non-hydrogen) atoms. The third-order valence-corrected chi connectivity index (χ3v) is 3.79. The fourth-order valence-corrected chi connectivity index (χ4v) is 2.61. The number of imidazole rings is 1. The number of aliphatic hydroxyl groups excluding tert-OH is 2. The lowest BCUT2D eigenvalue weighted by molar-refractivity contribution is -0.0950. The molecule has 0 unspecified atom stereocenters. The van der Waals surface area contributed by atoms with Crippen molar-refractivity contribution in [3.63, 3.8) is 0 Å². The maximum Gasteiger partial charge on any atom is 0.246 e. The predicted octanol–water partition coefficient (Wildman–Crippen LogP) is -1.58. The highest BCUT2D eigenvalue weighted by Gasteiger charge is 2.53. The zero-order chi connectivity index (χ0) is 16.1. The number of aromatic nitrogens is 4. The largest absolute Gasteiger partial charge is 0.479 e. The van der Waals surface area contributed by atoms with Gasteiger partial charge in [0.05, 0.1) is 20.0 Å². The van der Waals surface area contributed by atoms with E-state index in [1.54, 1.807) is 0 Å². The highest BCUT2D eigenvalue weighted by molar-refractivity contribution is 5.77. The van der Waals surface area contributed by atoms with Gasteiger partial charge in [-0.3, -0.25) is 4.57 Å². The number of nitrogen functional groups attached to an aromatic ring is 1. The summed E-state index contributed by atoms with van der Waals surface area (Å²) in [6.07, 6.45) is -1.80. The number of hydrogen-bond acceptors (Lipinski definition) is 9. The molecule has 0 amide bonds. The van der Waals surface area contributed by atoms with Crippen molar-refractivity contribution in [1.82, 2.24) is 19.5 Å². The highest BCUT2D eigenvalue weighted by Crippen LogP contribution is 2.39. The summed E-state index contributed by atoms with van der Waals surface area (Å²) >= 11 is 0. The molecule has 3 rings (SSSR count). The minimum absolute atomic E-state index is 0.0250. The minimum atomic E-state index is -1.64. The second kappa shape index (κ2) is 5.02. The molecule has 0 aliphatic carbocycles. The molecule has 0 radical (unpaired) electrons. The van der Waals surface area contributed by atoms with Gasteiger partial charge >= 0.3 is 0 Å². The topological polar surface area (TPSA) is 149 Å². The fourth-order valence-electron chi connectivity index (χ4n) is 2.61. The second-order valence-corrected chi connectivity index (χ2v) is 5.30. The number of ether oxygens (including phenoxy) is 2. The van der Waals surface area contributed by atoms with Crippen molar-refractivity contribution in [2.24, 2.45) is 0 Å². The van der Waals surface area contributed by atoms with E-state index in [-0.39, 0.29) is 11.8 Å². The van der Waals surface area contributed by atoms with Gasteiger partial charge in [0, 0.05) is 0 Å². The van der Waals surface area contributed by atoms with E-state index in [2.05, 4.69) is 15.0 Å². The van der Waals surface area contributed by atoms with Gasteiger partial charge in [0.2, 0.25) is 11.8 Å². The molecule has 120 valence electrons. The molecule has 1 saturated heterocycles. The summed E-state index contributed by atoms with van der Waals surface area (Å²) in [4.78, 5) is 12.1. The Bertz CT molecular complexity index is 703. The van der Waals surface area contributed by atoms with Crippen LogP contribution in [0.3, 0.4) is 0 Å². The molecule has 0 spiro atoms. The SMILES string of the molecule is COc1nc(N)nc2c1ncn2[C@@H]1O[C@H](CO)[C@H](O)[C@]1(C)O. The van der Waals surface area contributed by atoms with Crippen molar-refractivity contribution in [3.8, 4) is 5.88 Å². The number of hydrogen-bond donors (Lipinski definition) is 4. The first-order valence-electron chi connectivity index (χ1n) is 6.61. The van der Waals surface area contributed by atoms with Crippen molar-refractivity contribution in [2.45, 2.75) is 31.0 Å². The van der Waals surface area contributed by atoms with Crippen LogP contribution >= 0.6 is 0 Å². The number of methoxy groups -OCH3 is 1. The molecule has 2 aromatic rings. The predicted molar refractivity (Wildman–Crippen MR) is 73.9 cm³/mol. The van der Waals surface area contributed by atoms with Gasteiger partial charge in [-0.25, -0.2) is 4.98 Å². The summed E-state index contributed by atoms with van der Waals surface area (Å²) in [6, 6.07) is 0. The first kappa shape index (κ1) is 14.9. The number of rotatable bonds is 3. The number of aliphatic hydroxyl groups is 3. The molecule has 5 N–H and O–H groups in total. The van der Waals surface area contributed by atoms with E-state index in [9.17, 15) is 15.3 Å². The van der Waals surface area contributed by atoms with E-state index in [0.717, 1.165) is 0 Å². The van der Waals surface area contributed by atoms with Gasteiger partial charge in [-0.1, -0.05) is 0 Å². The molecule has 1 aliphatic heterocycles. The van der Waals surface area contributed by atoms with Gasteiger partial charge in [-0.05, 0) is 6.92 Å². The number of anilines is 1. The van der Waals surface area contributed by atoms with Crippen molar-refractivity contribution < 1.29 is 24.8 Å². The van der Waals surface area contributed by atoms with Crippen LogP contribution in [0.15, 0.2) is 6.33 Å². The van der Waals surface area contributed by atoms with E-state index < -0.39 is 30.6 Å². The molecule has 1 aliphatic rings. The third-order valence-electron chi connectivity index (χ3n) is 3.79. The number of nitrogens with zero attached hydrogens (tertiary/aromatic N) is 4. The zero-order valence-electron chi connectivity index (χ0n) is 12.0. The standard InChI is InChI=1S/C12H17N5O5/c1-12(20)7(19)5(3-18)22-10(12)17-4-14-6-8(17)15-11(13)16-9(6)21-2/h4-5,7,10,18-20H,3H2,1-2H3,(H2,13,15,16)/t5-,7+,10-,12+/m1/s1. The van der Waals surface area contributed by atoms with Crippen LogP contribution in [-0.2, 0) is 4.74 Å². The Labute approximate surface area is 125 Å². The summed E-state index contributed by atoms with van der Waals surface area (Å²) < 4.78 is 12.1. The van der Waals surface area contributed by atoms with Crippen LogP contribution in [-0.4, -0.2) is 66.4 Å². The van der Waals surface area contributed by atoms with Crippen LogP contribution in [0.25, 0.3) is 11.2 Å².